The minimum absolute atomic E-state index is 0.0177. The zero-order valence-electron chi connectivity index (χ0n) is 10.7. The number of nitrogens with zero attached hydrogens (tertiary/aromatic N) is 4. The molecule has 1 aliphatic heterocycles. The Kier molecular flexibility index (Phi) is 4.75. The summed E-state index contributed by atoms with van der Waals surface area (Å²) in [5.41, 5.74) is 8.95. The van der Waals surface area contributed by atoms with Crippen molar-refractivity contribution in [3.63, 3.8) is 0 Å². The second-order valence-electron chi connectivity index (χ2n) is 4.43. The monoisotopic (exact) mass is 358 g/mol. The Labute approximate surface area is 129 Å². The first-order chi connectivity index (χ1) is 9.56. The third kappa shape index (κ3) is 3.00. The Hall–Kier alpha value is -1.43. The molecule has 2 rings (SSSR count). The van der Waals surface area contributed by atoms with Gasteiger partial charge in [0.05, 0.1) is 22.3 Å². The van der Waals surface area contributed by atoms with E-state index in [0.717, 1.165) is 4.47 Å². The van der Waals surface area contributed by atoms with E-state index in [-0.39, 0.29) is 11.8 Å². The highest BCUT2D eigenvalue weighted by Crippen LogP contribution is 2.38. The highest BCUT2D eigenvalue weighted by atomic mass is 79.9. The van der Waals surface area contributed by atoms with Crippen molar-refractivity contribution in [1.82, 2.24) is 0 Å². The molecule has 8 heteroatoms. The van der Waals surface area contributed by atoms with E-state index in [1.54, 1.807) is 24.1 Å². The van der Waals surface area contributed by atoms with E-state index in [2.05, 4.69) is 26.0 Å². The second kappa shape index (κ2) is 6.35. The van der Waals surface area contributed by atoms with Gasteiger partial charge in [-0.15, -0.1) is 0 Å². The lowest BCUT2D eigenvalue weighted by Crippen LogP contribution is -2.25. The molecule has 1 aromatic carbocycles. The molecule has 1 heterocycles. The molecule has 0 aliphatic carbocycles. The van der Waals surface area contributed by atoms with E-state index < -0.39 is 0 Å². The Balaban J connectivity index is 2.27. The van der Waals surface area contributed by atoms with Crippen LogP contribution in [-0.4, -0.2) is 26.1 Å². The number of hydrogen-bond acceptors (Lipinski definition) is 3. The van der Waals surface area contributed by atoms with Crippen LogP contribution in [0, 0.1) is 5.92 Å². The van der Waals surface area contributed by atoms with Crippen LogP contribution in [0.5, 0.6) is 5.75 Å². The number of halogens is 2. The normalized spacial score (nSPS) is 18.1. The third-order valence-electron chi connectivity index (χ3n) is 3.12. The molecule has 1 unspecified atom stereocenters. The molecule has 106 valence electrons. The molecule has 0 aromatic heterocycles. The van der Waals surface area contributed by atoms with E-state index in [1.807, 2.05) is 0 Å². The predicted octanol–water partition coefficient (Wildman–Crippen LogP) is 3.77. The average molecular weight is 360 g/mol. The van der Waals surface area contributed by atoms with Crippen molar-refractivity contribution >= 4 is 39.1 Å². The van der Waals surface area contributed by atoms with Crippen LogP contribution >= 0.6 is 27.5 Å². The molecule has 0 saturated carbocycles. The van der Waals surface area contributed by atoms with Crippen LogP contribution in [0.3, 0.4) is 0 Å². The number of hydrogen-bond donors (Lipinski definition) is 0. The maximum Gasteiger partial charge on any atom is 0.227 e. The van der Waals surface area contributed by atoms with Crippen molar-refractivity contribution in [2.45, 2.75) is 6.42 Å². The molecule has 1 aliphatic rings. The quantitative estimate of drug-likeness (QED) is 0.466. The van der Waals surface area contributed by atoms with Gasteiger partial charge in [-0.25, -0.2) is 0 Å². The maximum atomic E-state index is 12.1. The number of ether oxygens (including phenoxy) is 1. The van der Waals surface area contributed by atoms with Gasteiger partial charge in [0.2, 0.25) is 5.91 Å². The maximum absolute atomic E-state index is 12.1. The van der Waals surface area contributed by atoms with Gasteiger partial charge in [0.25, 0.3) is 0 Å². The lowest BCUT2D eigenvalue weighted by Gasteiger charge is -2.19. The molecule has 0 radical (unpaired) electrons. The molecule has 20 heavy (non-hydrogen) atoms. The van der Waals surface area contributed by atoms with E-state index >= 15 is 0 Å². The van der Waals surface area contributed by atoms with Gasteiger partial charge in [0.1, 0.15) is 5.75 Å². The molecule has 0 spiro atoms. The minimum Gasteiger partial charge on any atom is -0.495 e. The van der Waals surface area contributed by atoms with Gasteiger partial charge in [-0.2, -0.15) is 0 Å². The number of azide groups is 1. The first-order valence-electron chi connectivity index (χ1n) is 5.91. The van der Waals surface area contributed by atoms with E-state index in [9.17, 15) is 4.79 Å². The lowest BCUT2D eigenvalue weighted by atomic mass is 10.1. The van der Waals surface area contributed by atoms with Crippen LogP contribution < -0.4 is 9.64 Å². The smallest absolute Gasteiger partial charge is 0.227 e. The van der Waals surface area contributed by atoms with Crippen molar-refractivity contribution in [3.05, 3.63) is 32.1 Å². The highest BCUT2D eigenvalue weighted by molar-refractivity contribution is 9.10. The summed E-state index contributed by atoms with van der Waals surface area (Å²) in [6.45, 7) is 0.798. The van der Waals surface area contributed by atoms with Gasteiger partial charge in [-0.3, -0.25) is 4.79 Å². The standard InChI is InChI=1S/C12H12BrClN4O2/c1-20-11-4-10(9(14)3-8(11)13)18-6-7(2-12(18)19)5-16-17-15/h3-4,7H,2,5-6H2,1H3. The largest absolute Gasteiger partial charge is 0.495 e. The average Bonchev–Trinajstić information content (AvgIpc) is 2.78. The topological polar surface area (TPSA) is 78.3 Å². The molecule has 1 aromatic rings. The van der Waals surface area contributed by atoms with Crippen molar-refractivity contribution in [2.75, 3.05) is 25.1 Å². The summed E-state index contributed by atoms with van der Waals surface area (Å²) in [4.78, 5) is 16.4. The summed E-state index contributed by atoms with van der Waals surface area (Å²) < 4.78 is 5.94. The fourth-order valence-electron chi connectivity index (χ4n) is 2.17. The third-order valence-corrected chi connectivity index (χ3v) is 4.04. The molecule has 0 bridgehead atoms. The number of benzene rings is 1. The first kappa shape index (κ1) is 15.0. The van der Waals surface area contributed by atoms with E-state index in [1.165, 1.54) is 0 Å². The molecule has 1 atom stereocenters. The molecule has 1 fully saturated rings. The first-order valence-corrected chi connectivity index (χ1v) is 7.08. The molecule has 1 amide bonds. The molecule has 0 N–H and O–H groups in total. The Morgan fingerprint density at radius 3 is 3.05 bits per heavy atom. The van der Waals surface area contributed by atoms with Gasteiger partial charge < -0.3 is 9.64 Å². The minimum atomic E-state index is -0.0329. The van der Waals surface area contributed by atoms with Crippen molar-refractivity contribution in [1.29, 1.82) is 0 Å². The number of methoxy groups -OCH3 is 1. The summed E-state index contributed by atoms with van der Waals surface area (Å²) in [6.07, 6.45) is 0.355. The van der Waals surface area contributed by atoms with Crippen molar-refractivity contribution < 1.29 is 9.53 Å². The SMILES string of the molecule is COc1cc(N2CC(CN=[N+]=[N-])CC2=O)c(Cl)cc1Br. The number of amides is 1. The van der Waals surface area contributed by atoms with Crippen LogP contribution in [0.4, 0.5) is 5.69 Å². The molecule has 1 saturated heterocycles. The predicted molar refractivity (Wildman–Crippen MR) is 80.2 cm³/mol. The van der Waals surface area contributed by atoms with Crippen LogP contribution in [0.1, 0.15) is 6.42 Å². The molecular weight excluding hydrogens is 348 g/mol. The van der Waals surface area contributed by atoms with Gasteiger partial charge in [0.15, 0.2) is 0 Å². The van der Waals surface area contributed by atoms with Crippen LogP contribution in [-0.2, 0) is 4.79 Å². The Morgan fingerprint density at radius 1 is 1.65 bits per heavy atom. The van der Waals surface area contributed by atoms with Crippen molar-refractivity contribution in [3.8, 4) is 5.75 Å². The molecular formula is C12H12BrClN4O2. The summed E-state index contributed by atoms with van der Waals surface area (Å²) in [6, 6.07) is 3.42. The number of anilines is 1. The van der Waals surface area contributed by atoms with Gasteiger partial charge in [-0.05, 0) is 33.4 Å². The fourth-order valence-corrected chi connectivity index (χ4v) is 3.07. The van der Waals surface area contributed by atoms with Crippen LogP contribution in [0.25, 0.3) is 10.4 Å². The van der Waals surface area contributed by atoms with Gasteiger partial charge in [0, 0.05) is 30.5 Å². The fraction of sp³-hybridized carbons (Fsp3) is 0.417. The lowest BCUT2D eigenvalue weighted by molar-refractivity contribution is -0.117. The summed E-state index contributed by atoms with van der Waals surface area (Å²) in [7, 11) is 1.55. The Morgan fingerprint density at radius 2 is 2.40 bits per heavy atom. The van der Waals surface area contributed by atoms with Gasteiger partial charge in [-0.1, -0.05) is 16.7 Å². The summed E-state index contributed by atoms with van der Waals surface area (Å²) in [5, 5.41) is 3.99. The van der Waals surface area contributed by atoms with Crippen molar-refractivity contribution in [2.24, 2.45) is 11.0 Å². The number of carbonyl (C=O) groups is 1. The van der Waals surface area contributed by atoms with Crippen LogP contribution in [0.15, 0.2) is 21.7 Å². The van der Waals surface area contributed by atoms with Gasteiger partial charge >= 0.3 is 0 Å². The van der Waals surface area contributed by atoms with E-state index in [4.69, 9.17) is 21.9 Å². The van der Waals surface area contributed by atoms with E-state index in [0.29, 0.717) is 36.0 Å². The highest BCUT2D eigenvalue weighted by Gasteiger charge is 2.31. The van der Waals surface area contributed by atoms with Crippen LogP contribution in [0.2, 0.25) is 5.02 Å². The zero-order valence-corrected chi connectivity index (χ0v) is 13.1. The Bertz CT molecular complexity index is 589. The number of rotatable bonds is 4. The summed E-state index contributed by atoms with van der Waals surface area (Å²) in [5.74, 6) is 0.592. The number of carbonyl (C=O) groups excluding carboxylic acids is 1. The zero-order chi connectivity index (χ0) is 14.7. The summed E-state index contributed by atoms with van der Waals surface area (Å²) >= 11 is 9.54. The second-order valence-corrected chi connectivity index (χ2v) is 5.69. The molecule has 6 nitrogen and oxygen atoms in total.